The highest BCUT2D eigenvalue weighted by molar-refractivity contribution is 5.03. The van der Waals surface area contributed by atoms with Gasteiger partial charge in [-0.2, -0.15) is 0 Å². The van der Waals surface area contributed by atoms with E-state index in [0.29, 0.717) is 0 Å². The SMILES string of the molecule is CN(Cc1ccccn1)C1CCCC1. The average Bonchev–Trinajstić information content (AvgIpc) is 2.72. The van der Waals surface area contributed by atoms with Crippen molar-refractivity contribution in [3.05, 3.63) is 30.1 Å². The van der Waals surface area contributed by atoms with Crippen LogP contribution in [0.4, 0.5) is 0 Å². The fourth-order valence-electron chi connectivity index (χ4n) is 2.22. The molecule has 0 bridgehead atoms. The van der Waals surface area contributed by atoms with Gasteiger partial charge in [0.15, 0.2) is 0 Å². The molecule has 0 aromatic carbocycles. The highest BCUT2D eigenvalue weighted by atomic mass is 15.1. The van der Waals surface area contributed by atoms with Crippen molar-refractivity contribution in [2.24, 2.45) is 0 Å². The maximum absolute atomic E-state index is 4.35. The zero-order valence-corrected chi connectivity index (χ0v) is 8.82. The predicted octanol–water partition coefficient (Wildman–Crippen LogP) is 2.46. The molecule has 0 amide bonds. The molecule has 1 fully saturated rings. The van der Waals surface area contributed by atoms with E-state index in [1.165, 1.54) is 31.4 Å². The van der Waals surface area contributed by atoms with E-state index in [4.69, 9.17) is 0 Å². The van der Waals surface area contributed by atoms with E-state index in [0.717, 1.165) is 12.6 Å². The largest absolute Gasteiger partial charge is 0.298 e. The first-order valence-electron chi connectivity index (χ1n) is 5.46. The monoisotopic (exact) mass is 190 g/mol. The summed E-state index contributed by atoms with van der Waals surface area (Å²) in [6, 6.07) is 6.92. The normalized spacial score (nSPS) is 17.9. The molecule has 14 heavy (non-hydrogen) atoms. The van der Waals surface area contributed by atoms with Crippen molar-refractivity contribution in [2.75, 3.05) is 7.05 Å². The van der Waals surface area contributed by atoms with Gasteiger partial charge in [0.1, 0.15) is 0 Å². The van der Waals surface area contributed by atoms with Gasteiger partial charge < -0.3 is 0 Å². The second-order valence-electron chi connectivity index (χ2n) is 4.17. The first-order valence-corrected chi connectivity index (χ1v) is 5.46. The summed E-state index contributed by atoms with van der Waals surface area (Å²) in [5.74, 6) is 0. The van der Waals surface area contributed by atoms with Crippen LogP contribution in [-0.2, 0) is 6.54 Å². The Bertz CT molecular complexity index is 265. The van der Waals surface area contributed by atoms with Crippen molar-refractivity contribution in [3.8, 4) is 0 Å². The molecule has 0 N–H and O–H groups in total. The minimum Gasteiger partial charge on any atom is -0.298 e. The lowest BCUT2D eigenvalue weighted by atomic mass is 10.2. The van der Waals surface area contributed by atoms with Crippen LogP contribution in [0, 0.1) is 0 Å². The third-order valence-corrected chi connectivity index (χ3v) is 3.09. The second kappa shape index (κ2) is 4.56. The van der Waals surface area contributed by atoms with Gasteiger partial charge in [-0.1, -0.05) is 18.9 Å². The standard InChI is InChI=1S/C12H18N2/c1-14(12-7-2-3-8-12)10-11-6-4-5-9-13-11/h4-6,9,12H,2-3,7-8,10H2,1H3. The van der Waals surface area contributed by atoms with E-state index in [-0.39, 0.29) is 0 Å². The second-order valence-corrected chi connectivity index (χ2v) is 4.17. The molecule has 2 heteroatoms. The molecule has 2 rings (SSSR count). The smallest absolute Gasteiger partial charge is 0.0543 e. The van der Waals surface area contributed by atoms with E-state index in [9.17, 15) is 0 Å². The quantitative estimate of drug-likeness (QED) is 0.728. The van der Waals surface area contributed by atoms with Gasteiger partial charge in [-0.15, -0.1) is 0 Å². The molecule has 2 nitrogen and oxygen atoms in total. The van der Waals surface area contributed by atoms with E-state index < -0.39 is 0 Å². The molecule has 1 aliphatic rings. The lowest BCUT2D eigenvalue weighted by Gasteiger charge is -2.23. The molecule has 0 radical (unpaired) electrons. The van der Waals surface area contributed by atoms with Crippen LogP contribution in [0.2, 0.25) is 0 Å². The van der Waals surface area contributed by atoms with Crippen molar-refractivity contribution in [3.63, 3.8) is 0 Å². The lowest BCUT2D eigenvalue weighted by Crippen LogP contribution is -2.28. The molecule has 0 aliphatic heterocycles. The van der Waals surface area contributed by atoms with E-state index in [1.807, 2.05) is 12.3 Å². The summed E-state index contributed by atoms with van der Waals surface area (Å²) in [7, 11) is 2.21. The van der Waals surface area contributed by atoms with E-state index >= 15 is 0 Å². The Morgan fingerprint density at radius 3 is 2.79 bits per heavy atom. The van der Waals surface area contributed by atoms with Crippen LogP contribution < -0.4 is 0 Å². The third-order valence-electron chi connectivity index (χ3n) is 3.09. The van der Waals surface area contributed by atoms with Crippen LogP contribution in [-0.4, -0.2) is 23.0 Å². The van der Waals surface area contributed by atoms with Crippen LogP contribution in [0.5, 0.6) is 0 Å². The van der Waals surface area contributed by atoms with Crippen molar-refractivity contribution >= 4 is 0 Å². The van der Waals surface area contributed by atoms with Crippen LogP contribution in [0.25, 0.3) is 0 Å². The molecule has 1 aliphatic carbocycles. The van der Waals surface area contributed by atoms with Crippen LogP contribution in [0.15, 0.2) is 24.4 Å². The molecule has 1 aromatic heterocycles. The molecule has 0 spiro atoms. The molecule has 76 valence electrons. The number of aromatic nitrogens is 1. The highest BCUT2D eigenvalue weighted by Gasteiger charge is 2.19. The summed E-state index contributed by atoms with van der Waals surface area (Å²) in [4.78, 5) is 6.79. The van der Waals surface area contributed by atoms with Gasteiger partial charge >= 0.3 is 0 Å². The lowest BCUT2D eigenvalue weighted by molar-refractivity contribution is 0.235. The molecule has 0 atom stereocenters. The van der Waals surface area contributed by atoms with Crippen LogP contribution >= 0.6 is 0 Å². The number of hydrogen-bond donors (Lipinski definition) is 0. The van der Waals surface area contributed by atoms with E-state index in [1.54, 1.807) is 0 Å². The number of hydrogen-bond acceptors (Lipinski definition) is 2. The summed E-state index contributed by atoms with van der Waals surface area (Å²) in [5.41, 5.74) is 1.18. The van der Waals surface area contributed by atoms with Gasteiger partial charge in [-0.3, -0.25) is 9.88 Å². The van der Waals surface area contributed by atoms with Crippen LogP contribution in [0.3, 0.4) is 0 Å². The highest BCUT2D eigenvalue weighted by Crippen LogP contribution is 2.23. The topological polar surface area (TPSA) is 16.1 Å². The van der Waals surface area contributed by atoms with Crippen molar-refractivity contribution in [1.82, 2.24) is 9.88 Å². The number of nitrogens with zero attached hydrogens (tertiary/aromatic N) is 2. The Morgan fingerprint density at radius 1 is 1.36 bits per heavy atom. The predicted molar refractivity (Wildman–Crippen MR) is 58.0 cm³/mol. The summed E-state index contributed by atoms with van der Waals surface area (Å²) in [6.07, 6.45) is 7.40. The average molecular weight is 190 g/mol. The Balaban J connectivity index is 1.90. The first kappa shape index (κ1) is 9.66. The van der Waals surface area contributed by atoms with Gasteiger partial charge in [0.2, 0.25) is 0 Å². The minimum atomic E-state index is 0.789. The molecule has 1 heterocycles. The summed E-state index contributed by atoms with van der Waals surface area (Å²) < 4.78 is 0. The van der Waals surface area contributed by atoms with Gasteiger partial charge in [0.05, 0.1) is 5.69 Å². The Hall–Kier alpha value is -0.890. The fraction of sp³-hybridized carbons (Fsp3) is 0.583. The molecular formula is C12H18N2. The summed E-state index contributed by atoms with van der Waals surface area (Å²) >= 11 is 0. The van der Waals surface area contributed by atoms with Crippen molar-refractivity contribution in [1.29, 1.82) is 0 Å². The minimum absolute atomic E-state index is 0.789. The van der Waals surface area contributed by atoms with E-state index in [2.05, 4.69) is 29.1 Å². The Morgan fingerprint density at radius 2 is 2.14 bits per heavy atom. The molecule has 1 saturated carbocycles. The maximum atomic E-state index is 4.35. The van der Waals surface area contributed by atoms with Gasteiger partial charge in [0.25, 0.3) is 0 Å². The third kappa shape index (κ3) is 2.32. The fourth-order valence-corrected chi connectivity index (χ4v) is 2.22. The first-order chi connectivity index (χ1) is 6.86. The molecule has 1 aromatic rings. The Kier molecular flexibility index (Phi) is 3.14. The summed E-state index contributed by atoms with van der Waals surface area (Å²) in [5, 5.41) is 0. The molecular weight excluding hydrogens is 172 g/mol. The maximum Gasteiger partial charge on any atom is 0.0543 e. The number of pyridine rings is 1. The van der Waals surface area contributed by atoms with Crippen molar-refractivity contribution < 1.29 is 0 Å². The van der Waals surface area contributed by atoms with Crippen LogP contribution in [0.1, 0.15) is 31.4 Å². The van der Waals surface area contributed by atoms with Crippen molar-refractivity contribution in [2.45, 2.75) is 38.3 Å². The summed E-state index contributed by atoms with van der Waals surface area (Å²) in [6.45, 7) is 0.992. The molecule has 0 unspecified atom stereocenters. The van der Waals surface area contributed by atoms with Gasteiger partial charge in [-0.25, -0.2) is 0 Å². The number of rotatable bonds is 3. The zero-order valence-electron chi connectivity index (χ0n) is 8.82. The zero-order chi connectivity index (χ0) is 9.80. The Labute approximate surface area is 86.0 Å². The van der Waals surface area contributed by atoms with Gasteiger partial charge in [-0.05, 0) is 32.0 Å². The van der Waals surface area contributed by atoms with Gasteiger partial charge in [0, 0.05) is 18.8 Å². The molecule has 0 saturated heterocycles.